The molecule has 3 aromatic rings. The first-order chi connectivity index (χ1) is 14.3. The average molecular weight is 429 g/mol. The van der Waals surface area contributed by atoms with E-state index in [1.807, 2.05) is 25.1 Å². The van der Waals surface area contributed by atoms with Crippen molar-refractivity contribution in [3.8, 4) is 17.3 Å². The maximum Gasteiger partial charge on any atom is 0.193 e. The third kappa shape index (κ3) is 3.42. The van der Waals surface area contributed by atoms with Crippen LogP contribution in [0.3, 0.4) is 0 Å². The van der Waals surface area contributed by atoms with Gasteiger partial charge in [0.15, 0.2) is 17.1 Å². The number of fused-ring (bicyclic) bond motifs is 1. The minimum Gasteiger partial charge on any atom is -0.365 e. The number of aromatic amines is 1. The third-order valence-corrected chi connectivity index (χ3v) is 5.91. The largest absolute Gasteiger partial charge is 0.365 e. The molecule has 1 aliphatic heterocycles. The molecular formula is C22H19ClF2N4O. The molecule has 1 unspecified atom stereocenters. The number of pyridine rings is 1. The molecule has 0 saturated carbocycles. The Balaban J connectivity index is 1.85. The maximum absolute atomic E-state index is 15.3. The zero-order valence-electron chi connectivity index (χ0n) is 16.5. The zero-order chi connectivity index (χ0) is 21.6. The highest BCUT2D eigenvalue weighted by Crippen LogP contribution is 2.33. The van der Waals surface area contributed by atoms with Crippen LogP contribution in [0.25, 0.3) is 22.2 Å². The lowest BCUT2D eigenvalue weighted by Gasteiger charge is -2.23. The van der Waals surface area contributed by atoms with Crippen molar-refractivity contribution in [1.82, 2.24) is 9.88 Å². The first-order valence-electron chi connectivity index (χ1n) is 9.46. The third-order valence-electron chi connectivity index (χ3n) is 5.58. The highest BCUT2D eigenvalue weighted by atomic mass is 35.5. The van der Waals surface area contributed by atoms with E-state index >= 15 is 4.39 Å². The first-order valence-corrected chi connectivity index (χ1v) is 9.84. The second-order valence-electron chi connectivity index (χ2n) is 7.65. The number of nitrogens with one attached hydrogen (secondary N) is 1. The summed E-state index contributed by atoms with van der Waals surface area (Å²) in [5.74, 6) is -1.60. The second-order valence-corrected chi connectivity index (χ2v) is 8.06. The Morgan fingerprint density at radius 1 is 1.27 bits per heavy atom. The summed E-state index contributed by atoms with van der Waals surface area (Å²) in [4.78, 5) is 19.4. The van der Waals surface area contributed by atoms with Gasteiger partial charge in [-0.2, -0.15) is 5.26 Å². The van der Waals surface area contributed by atoms with Crippen molar-refractivity contribution >= 4 is 28.2 Å². The molecular weight excluding hydrogens is 410 g/mol. The summed E-state index contributed by atoms with van der Waals surface area (Å²) in [6, 6.07) is 9.17. The van der Waals surface area contributed by atoms with Gasteiger partial charge < -0.3 is 14.8 Å². The molecule has 5 nitrogen and oxygen atoms in total. The van der Waals surface area contributed by atoms with Crippen molar-refractivity contribution in [2.75, 3.05) is 32.1 Å². The Hall–Kier alpha value is -2.95. The Morgan fingerprint density at radius 3 is 2.70 bits per heavy atom. The van der Waals surface area contributed by atoms with E-state index < -0.39 is 17.1 Å². The highest BCUT2D eigenvalue weighted by molar-refractivity contribution is 6.33. The molecule has 1 atom stereocenters. The van der Waals surface area contributed by atoms with Gasteiger partial charge in [0, 0.05) is 41.9 Å². The molecule has 0 radical (unpaired) electrons. The van der Waals surface area contributed by atoms with Gasteiger partial charge in [-0.05, 0) is 38.7 Å². The van der Waals surface area contributed by atoms with Crippen LogP contribution in [0.15, 0.2) is 35.1 Å². The second kappa shape index (κ2) is 7.71. The van der Waals surface area contributed by atoms with Crippen molar-refractivity contribution in [3.63, 3.8) is 0 Å². The number of nitrogens with zero attached hydrogens (tertiary/aromatic N) is 3. The standard InChI is InChI=1S/C22H19ClF2N4O/c1-28(2)13-5-6-29(11-13)22-16(24)8-18-20(21(22)25)19(30)9-17(27-18)14-7-12(10-26)3-4-15(14)23/h3-4,7-9,13H,5-6,11H2,1-2H3,(H,27,30). The van der Waals surface area contributed by atoms with E-state index in [0.29, 0.717) is 29.2 Å². The number of benzene rings is 2. The number of rotatable bonds is 3. The van der Waals surface area contributed by atoms with E-state index in [1.165, 1.54) is 18.2 Å². The SMILES string of the molecule is CN(C)C1CCN(c2c(F)cc3[nH]c(-c4cc(C#N)ccc4Cl)cc(=O)c3c2F)C1. The molecule has 2 aromatic carbocycles. The monoisotopic (exact) mass is 428 g/mol. The number of hydrogen-bond acceptors (Lipinski definition) is 4. The van der Waals surface area contributed by atoms with E-state index in [2.05, 4.69) is 4.98 Å². The van der Waals surface area contributed by atoms with Crippen LogP contribution >= 0.6 is 11.6 Å². The smallest absolute Gasteiger partial charge is 0.193 e. The van der Waals surface area contributed by atoms with E-state index in [4.69, 9.17) is 16.9 Å². The van der Waals surface area contributed by atoms with Crippen molar-refractivity contribution in [2.45, 2.75) is 12.5 Å². The summed E-state index contributed by atoms with van der Waals surface area (Å²) in [5, 5.41) is 9.23. The Bertz CT molecular complexity index is 1250. The van der Waals surface area contributed by atoms with Crippen LogP contribution < -0.4 is 10.3 Å². The van der Waals surface area contributed by atoms with Crippen molar-refractivity contribution in [3.05, 3.63) is 62.8 Å². The molecule has 154 valence electrons. The number of aromatic nitrogens is 1. The summed E-state index contributed by atoms with van der Waals surface area (Å²) in [7, 11) is 3.86. The average Bonchev–Trinajstić information content (AvgIpc) is 3.17. The normalized spacial score (nSPS) is 16.4. The molecule has 1 saturated heterocycles. The fourth-order valence-electron chi connectivity index (χ4n) is 3.94. The van der Waals surface area contributed by atoms with E-state index in [0.717, 1.165) is 12.5 Å². The van der Waals surface area contributed by atoms with E-state index in [1.54, 1.807) is 11.0 Å². The van der Waals surface area contributed by atoms with Crippen LogP contribution in [0, 0.1) is 23.0 Å². The fourth-order valence-corrected chi connectivity index (χ4v) is 4.15. The van der Waals surface area contributed by atoms with Gasteiger partial charge in [0.05, 0.1) is 28.2 Å². The first kappa shape index (κ1) is 20.3. The molecule has 0 aliphatic carbocycles. The van der Waals surface area contributed by atoms with Gasteiger partial charge in [-0.3, -0.25) is 4.79 Å². The number of nitriles is 1. The van der Waals surface area contributed by atoms with Gasteiger partial charge in [-0.25, -0.2) is 8.78 Å². The van der Waals surface area contributed by atoms with E-state index in [9.17, 15) is 9.18 Å². The van der Waals surface area contributed by atoms with Crippen molar-refractivity contribution < 1.29 is 8.78 Å². The van der Waals surface area contributed by atoms with Crippen molar-refractivity contribution in [2.24, 2.45) is 0 Å². The summed E-state index contributed by atoms with van der Waals surface area (Å²) in [6.07, 6.45) is 0.785. The Labute approximate surface area is 177 Å². The van der Waals surface area contributed by atoms with Crippen LogP contribution in [0.1, 0.15) is 12.0 Å². The minimum atomic E-state index is -0.867. The number of likely N-dealkylation sites (N-methyl/N-ethyl adjacent to an activating group) is 1. The van der Waals surface area contributed by atoms with Crippen LogP contribution in [0.2, 0.25) is 5.02 Å². The zero-order valence-corrected chi connectivity index (χ0v) is 17.2. The Morgan fingerprint density at radius 2 is 2.03 bits per heavy atom. The molecule has 2 heterocycles. The maximum atomic E-state index is 15.3. The Kier molecular flexibility index (Phi) is 5.22. The molecule has 1 N–H and O–H groups in total. The fraction of sp³-hybridized carbons (Fsp3) is 0.273. The van der Waals surface area contributed by atoms with Crippen molar-refractivity contribution in [1.29, 1.82) is 5.26 Å². The molecule has 1 fully saturated rings. The summed E-state index contributed by atoms with van der Waals surface area (Å²) in [5.41, 5.74) is 0.336. The molecule has 1 aliphatic rings. The number of hydrogen-bond donors (Lipinski definition) is 1. The van der Waals surface area contributed by atoms with Crippen LogP contribution in [0.4, 0.5) is 14.5 Å². The molecule has 0 bridgehead atoms. The van der Waals surface area contributed by atoms with E-state index in [-0.39, 0.29) is 28.3 Å². The summed E-state index contributed by atoms with van der Waals surface area (Å²) in [6.45, 7) is 0.994. The highest BCUT2D eigenvalue weighted by Gasteiger charge is 2.29. The number of halogens is 3. The van der Waals surface area contributed by atoms with Gasteiger partial charge >= 0.3 is 0 Å². The summed E-state index contributed by atoms with van der Waals surface area (Å²) >= 11 is 6.21. The van der Waals surface area contributed by atoms with Gasteiger partial charge in [-0.15, -0.1) is 0 Å². The predicted octanol–water partition coefficient (Wildman–Crippen LogP) is 4.14. The molecule has 0 amide bonds. The quantitative estimate of drug-likeness (QED) is 0.681. The van der Waals surface area contributed by atoms with Crippen LogP contribution in [-0.4, -0.2) is 43.1 Å². The van der Waals surface area contributed by atoms with Gasteiger partial charge in [0.1, 0.15) is 5.69 Å². The minimum absolute atomic E-state index is 0.0398. The van der Waals surface area contributed by atoms with Gasteiger partial charge in [0.25, 0.3) is 0 Å². The summed E-state index contributed by atoms with van der Waals surface area (Å²) < 4.78 is 30.3. The lowest BCUT2D eigenvalue weighted by atomic mass is 10.1. The molecule has 8 heteroatoms. The van der Waals surface area contributed by atoms with Crippen LogP contribution in [0.5, 0.6) is 0 Å². The topological polar surface area (TPSA) is 63.1 Å². The van der Waals surface area contributed by atoms with Gasteiger partial charge in [-0.1, -0.05) is 11.6 Å². The lowest BCUT2D eigenvalue weighted by Crippen LogP contribution is -2.32. The van der Waals surface area contributed by atoms with Gasteiger partial charge in [0.2, 0.25) is 0 Å². The molecule has 4 rings (SSSR count). The number of H-pyrrole nitrogens is 1. The predicted molar refractivity (Wildman–Crippen MR) is 114 cm³/mol. The molecule has 1 aromatic heterocycles. The molecule has 30 heavy (non-hydrogen) atoms. The van der Waals surface area contributed by atoms with Crippen LogP contribution in [-0.2, 0) is 0 Å². The molecule has 0 spiro atoms. The lowest BCUT2D eigenvalue weighted by molar-refractivity contribution is 0.315. The number of anilines is 1.